The summed E-state index contributed by atoms with van der Waals surface area (Å²) in [6, 6.07) is 0.432. The molecule has 1 unspecified atom stereocenters. The maximum Gasteiger partial charge on any atom is 0.348 e. The number of aryl methyl sites for hydroxylation is 1. The number of aliphatic hydroxyl groups excluding tert-OH is 1. The Balaban J connectivity index is 1.88. The molecule has 146 valence electrons. The van der Waals surface area contributed by atoms with Crippen molar-refractivity contribution in [1.29, 1.82) is 0 Å². The standard InChI is InChI=1S/C19H25N3O4S/c1-4-8-26-19(25)16-11(3)15-17(24)20-14(21-18(15)27-16)10-22(12-6-7-12)9-13(23)5-2/h4,12-13,23H,1,5-10H2,2-3H3,(H,20,21,24). The van der Waals surface area contributed by atoms with Gasteiger partial charge in [-0.25, -0.2) is 9.78 Å². The zero-order chi connectivity index (χ0) is 19.6. The Kier molecular flexibility index (Phi) is 6.08. The Morgan fingerprint density at radius 1 is 1.56 bits per heavy atom. The molecular weight excluding hydrogens is 366 g/mol. The van der Waals surface area contributed by atoms with Gasteiger partial charge in [-0.1, -0.05) is 19.6 Å². The van der Waals surface area contributed by atoms with E-state index < -0.39 is 12.1 Å². The van der Waals surface area contributed by atoms with Crippen molar-refractivity contribution in [3.8, 4) is 0 Å². The Hall–Kier alpha value is -2.03. The number of thiophene rings is 1. The largest absolute Gasteiger partial charge is 0.457 e. The lowest BCUT2D eigenvalue weighted by Gasteiger charge is -2.23. The topological polar surface area (TPSA) is 95.5 Å². The van der Waals surface area contributed by atoms with Crippen molar-refractivity contribution in [2.45, 2.75) is 51.8 Å². The van der Waals surface area contributed by atoms with Crippen LogP contribution in [0.5, 0.6) is 0 Å². The van der Waals surface area contributed by atoms with Gasteiger partial charge in [-0.2, -0.15) is 0 Å². The summed E-state index contributed by atoms with van der Waals surface area (Å²) < 4.78 is 5.10. The molecule has 1 saturated carbocycles. The summed E-state index contributed by atoms with van der Waals surface area (Å²) in [6.45, 7) is 8.36. The maximum atomic E-state index is 12.6. The van der Waals surface area contributed by atoms with E-state index in [4.69, 9.17) is 4.74 Å². The molecule has 0 aromatic carbocycles. The molecule has 1 fully saturated rings. The van der Waals surface area contributed by atoms with Crippen molar-refractivity contribution in [2.24, 2.45) is 0 Å². The van der Waals surface area contributed by atoms with Crippen molar-refractivity contribution in [3.63, 3.8) is 0 Å². The molecule has 3 rings (SSSR count). The third-order valence-electron chi connectivity index (χ3n) is 4.70. The van der Waals surface area contributed by atoms with Gasteiger partial charge in [-0.15, -0.1) is 11.3 Å². The average Bonchev–Trinajstić information content (AvgIpc) is 3.43. The fourth-order valence-corrected chi connectivity index (χ4v) is 4.13. The number of hydrogen-bond acceptors (Lipinski definition) is 7. The molecule has 8 heteroatoms. The lowest BCUT2D eigenvalue weighted by molar-refractivity contribution is 0.0554. The van der Waals surface area contributed by atoms with Gasteiger partial charge in [0.15, 0.2) is 0 Å². The predicted octanol–water partition coefficient (Wildman–Crippen LogP) is 2.37. The van der Waals surface area contributed by atoms with E-state index >= 15 is 0 Å². The van der Waals surface area contributed by atoms with Gasteiger partial charge in [0.25, 0.3) is 5.56 Å². The lowest BCUT2D eigenvalue weighted by atomic mass is 10.2. The van der Waals surface area contributed by atoms with Crippen LogP contribution in [0, 0.1) is 6.92 Å². The molecule has 7 nitrogen and oxygen atoms in total. The number of aromatic amines is 1. The second kappa shape index (κ2) is 8.33. The second-order valence-corrected chi connectivity index (χ2v) is 7.86. The molecule has 0 spiro atoms. The van der Waals surface area contributed by atoms with Crippen LogP contribution in [0.2, 0.25) is 0 Å². The molecule has 0 amide bonds. The zero-order valence-corrected chi connectivity index (χ0v) is 16.5. The highest BCUT2D eigenvalue weighted by Gasteiger charge is 2.31. The highest BCUT2D eigenvalue weighted by molar-refractivity contribution is 7.20. The molecule has 1 aliphatic rings. The number of rotatable bonds is 9. The zero-order valence-electron chi connectivity index (χ0n) is 15.7. The van der Waals surface area contributed by atoms with Crippen LogP contribution in [0.3, 0.4) is 0 Å². The number of aliphatic hydroxyl groups is 1. The van der Waals surface area contributed by atoms with Crippen molar-refractivity contribution in [2.75, 3.05) is 13.2 Å². The minimum Gasteiger partial charge on any atom is -0.457 e. The normalized spacial score (nSPS) is 15.3. The number of hydrogen-bond donors (Lipinski definition) is 2. The summed E-state index contributed by atoms with van der Waals surface area (Å²) >= 11 is 1.17. The highest BCUT2D eigenvalue weighted by Crippen LogP contribution is 2.30. The summed E-state index contributed by atoms with van der Waals surface area (Å²) in [5.41, 5.74) is 0.336. The van der Waals surface area contributed by atoms with E-state index in [1.807, 2.05) is 6.92 Å². The Morgan fingerprint density at radius 2 is 2.30 bits per heavy atom. The van der Waals surface area contributed by atoms with Crippen LogP contribution >= 0.6 is 11.3 Å². The van der Waals surface area contributed by atoms with Gasteiger partial charge < -0.3 is 14.8 Å². The molecule has 0 bridgehead atoms. The minimum absolute atomic E-state index is 0.123. The highest BCUT2D eigenvalue weighted by atomic mass is 32.1. The molecular formula is C19H25N3O4S. The van der Waals surface area contributed by atoms with Crippen LogP contribution < -0.4 is 5.56 Å². The van der Waals surface area contributed by atoms with Crippen LogP contribution in [0.1, 0.15) is 47.2 Å². The Bertz CT molecular complexity index is 900. The van der Waals surface area contributed by atoms with Gasteiger partial charge in [0.05, 0.1) is 18.0 Å². The summed E-state index contributed by atoms with van der Waals surface area (Å²) in [7, 11) is 0. The van der Waals surface area contributed by atoms with Crippen molar-refractivity contribution >= 4 is 27.5 Å². The van der Waals surface area contributed by atoms with Gasteiger partial charge in [-0.3, -0.25) is 9.69 Å². The van der Waals surface area contributed by atoms with Crippen molar-refractivity contribution in [1.82, 2.24) is 14.9 Å². The molecule has 2 heterocycles. The third-order valence-corrected chi connectivity index (χ3v) is 5.87. The molecule has 0 saturated heterocycles. The molecule has 1 aliphatic carbocycles. The number of fused-ring (bicyclic) bond motifs is 1. The van der Waals surface area contributed by atoms with Crippen molar-refractivity contribution < 1.29 is 14.6 Å². The van der Waals surface area contributed by atoms with E-state index in [-0.39, 0.29) is 12.2 Å². The van der Waals surface area contributed by atoms with E-state index in [1.165, 1.54) is 17.4 Å². The molecule has 0 aliphatic heterocycles. The first-order chi connectivity index (χ1) is 12.9. The quantitative estimate of drug-likeness (QED) is 0.503. The number of aromatic nitrogens is 2. The first kappa shape index (κ1) is 19.7. The fraction of sp³-hybridized carbons (Fsp3) is 0.526. The van der Waals surface area contributed by atoms with Crippen LogP contribution in [-0.2, 0) is 11.3 Å². The number of carbonyl (C=O) groups is 1. The number of ether oxygens (including phenoxy) is 1. The fourth-order valence-electron chi connectivity index (χ4n) is 3.03. The minimum atomic E-state index is -0.470. The number of nitrogens with zero attached hydrogens (tertiary/aromatic N) is 2. The molecule has 2 aromatic heterocycles. The lowest BCUT2D eigenvalue weighted by Crippen LogP contribution is -2.34. The molecule has 27 heavy (non-hydrogen) atoms. The maximum absolute atomic E-state index is 12.6. The van der Waals surface area contributed by atoms with E-state index in [9.17, 15) is 14.7 Å². The van der Waals surface area contributed by atoms with Gasteiger partial charge in [0.1, 0.15) is 22.1 Å². The first-order valence-corrected chi connectivity index (χ1v) is 9.98. The third kappa shape index (κ3) is 4.45. The molecule has 1 atom stereocenters. The van der Waals surface area contributed by atoms with Gasteiger partial charge >= 0.3 is 5.97 Å². The number of H-pyrrole nitrogens is 1. The predicted molar refractivity (Wildman–Crippen MR) is 105 cm³/mol. The molecule has 2 N–H and O–H groups in total. The molecule has 2 aromatic rings. The Morgan fingerprint density at radius 3 is 2.93 bits per heavy atom. The van der Waals surface area contributed by atoms with E-state index in [1.54, 1.807) is 6.92 Å². The van der Waals surface area contributed by atoms with Crippen molar-refractivity contribution in [3.05, 3.63) is 39.3 Å². The number of carbonyl (C=O) groups excluding carboxylic acids is 1. The van der Waals surface area contributed by atoms with Gasteiger partial charge in [0.2, 0.25) is 0 Å². The number of nitrogens with one attached hydrogen (secondary N) is 1. The van der Waals surface area contributed by atoms with Crippen LogP contribution in [-0.4, -0.2) is 51.2 Å². The second-order valence-electron chi connectivity index (χ2n) is 6.86. The van der Waals surface area contributed by atoms with E-state index in [0.717, 1.165) is 12.8 Å². The molecule has 0 radical (unpaired) electrons. The SMILES string of the molecule is C=CCOC(=O)c1sc2nc(CN(CC(O)CC)C3CC3)[nH]c(=O)c2c1C. The average molecular weight is 391 g/mol. The van der Waals surface area contributed by atoms with E-state index in [2.05, 4.69) is 21.4 Å². The van der Waals surface area contributed by atoms with Crippen LogP contribution in [0.4, 0.5) is 0 Å². The van der Waals surface area contributed by atoms with Crippen LogP contribution in [0.15, 0.2) is 17.4 Å². The van der Waals surface area contributed by atoms with Gasteiger partial charge in [-0.05, 0) is 31.7 Å². The summed E-state index contributed by atoms with van der Waals surface area (Å²) in [6.07, 6.45) is 3.99. The summed E-state index contributed by atoms with van der Waals surface area (Å²) in [5.74, 6) is 0.0805. The van der Waals surface area contributed by atoms with Crippen LogP contribution in [0.25, 0.3) is 10.2 Å². The van der Waals surface area contributed by atoms with E-state index in [0.29, 0.717) is 52.0 Å². The smallest absolute Gasteiger partial charge is 0.348 e. The summed E-state index contributed by atoms with van der Waals surface area (Å²) in [4.78, 5) is 35.3. The summed E-state index contributed by atoms with van der Waals surface area (Å²) in [5, 5.41) is 10.4. The monoisotopic (exact) mass is 391 g/mol. The Labute approximate surface area is 161 Å². The first-order valence-electron chi connectivity index (χ1n) is 9.17. The number of esters is 1. The van der Waals surface area contributed by atoms with Gasteiger partial charge in [0, 0.05) is 12.6 Å².